The molecule has 2 heterocycles. The lowest BCUT2D eigenvalue weighted by Gasteiger charge is -2.30. The van der Waals surface area contributed by atoms with Crippen LogP contribution >= 0.6 is 0 Å². The Morgan fingerprint density at radius 2 is 1.62 bits per heavy atom. The van der Waals surface area contributed by atoms with Gasteiger partial charge >= 0.3 is 6.09 Å². The van der Waals surface area contributed by atoms with Gasteiger partial charge < -0.3 is 15.0 Å². The van der Waals surface area contributed by atoms with Crippen LogP contribution in [0.5, 0.6) is 0 Å². The number of ether oxygens (including phenoxy) is 1. The van der Waals surface area contributed by atoms with Crippen molar-refractivity contribution in [3.05, 3.63) is 83.0 Å². The average Bonchev–Trinajstić information content (AvgIpc) is 3.16. The number of fused-ring (bicyclic) bond motifs is 1. The highest BCUT2D eigenvalue weighted by molar-refractivity contribution is 5.98. The molecule has 166 valence electrons. The predicted molar refractivity (Wildman–Crippen MR) is 122 cm³/mol. The van der Waals surface area contributed by atoms with Gasteiger partial charge in [-0.1, -0.05) is 60.7 Å². The first-order chi connectivity index (χ1) is 15.3. The summed E-state index contributed by atoms with van der Waals surface area (Å²) in [6.45, 7) is 6.40. The van der Waals surface area contributed by atoms with Crippen LogP contribution in [0, 0.1) is 0 Å². The lowest BCUT2D eigenvalue weighted by molar-refractivity contribution is -0.116. The van der Waals surface area contributed by atoms with Gasteiger partial charge in [0.25, 0.3) is 0 Å². The molecule has 4 rings (SSSR count). The molecule has 0 spiro atoms. The molecule has 2 aromatic carbocycles. The summed E-state index contributed by atoms with van der Waals surface area (Å²) >= 11 is 0. The van der Waals surface area contributed by atoms with E-state index in [-0.39, 0.29) is 12.0 Å². The van der Waals surface area contributed by atoms with Gasteiger partial charge in [-0.25, -0.2) is 4.79 Å². The number of carbonyl (C=O) groups excluding carboxylic acids is 2. The maximum Gasteiger partial charge on any atom is 0.410 e. The Hall–Kier alpha value is -3.61. The summed E-state index contributed by atoms with van der Waals surface area (Å²) in [5, 5.41) is 10.3. The predicted octanol–water partition coefficient (Wildman–Crippen LogP) is 4.47. The first-order valence-electron chi connectivity index (χ1n) is 10.8. The molecule has 1 aliphatic heterocycles. The van der Waals surface area contributed by atoms with Crippen molar-refractivity contribution in [2.24, 2.45) is 0 Å². The largest absolute Gasteiger partial charge is 0.444 e. The molecule has 32 heavy (non-hydrogen) atoms. The molecular formula is C25H28N4O3. The van der Waals surface area contributed by atoms with Crippen molar-refractivity contribution < 1.29 is 14.3 Å². The quantitative estimate of drug-likeness (QED) is 0.637. The van der Waals surface area contributed by atoms with E-state index in [2.05, 4.69) is 15.5 Å². The van der Waals surface area contributed by atoms with Gasteiger partial charge in [0.1, 0.15) is 5.60 Å². The summed E-state index contributed by atoms with van der Waals surface area (Å²) in [6.07, 6.45) is 0.256. The Kier molecular flexibility index (Phi) is 5.99. The van der Waals surface area contributed by atoms with Crippen LogP contribution in [0.1, 0.15) is 49.1 Å². The molecule has 0 fully saturated rings. The van der Waals surface area contributed by atoms with Gasteiger partial charge in [-0.2, -0.15) is 5.10 Å². The zero-order valence-electron chi connectivity index (χ0n) is 18.6. The van der Waals surface area contributed by atoms with Crippen molar-refractivity contribution in [3.63, 3.8) is 0 Å². The minimum Gasteiger partial charge on any atom is -0.444 e. The zero-order chi connectivity index (χ0) is 22.7. The molecule has 0 saturated heterocycles. The van der Waals surface area contributed by atoms with Crippen molar-refractivity contribution >= 4 is 17.8 Å². The Morgan fingerprint density at radius 3 is 2.19 bits per heavy atom. The number of carbonyl (C=O) groups is 2. The van der Waals surface area contributed by atoms with Gasteiger partial charge in [0.2, 0.25) is 5.91 Å². The van der Waals surface area contributed by atoms with Gasteiger partial charge in [-0.15, -0.1) is 0 Å². The van der Waals surface area contributed by atoms with E-state index in [0.29, 0.717) is 25.3 Å². The number of benzene rings is 2. The molecule has 0 aliphatic carbocycles. The lowest BCUT2D eigenvalue weighted by Crippen LogP contribution is -2.40. The van der Waals surface area contributed by atoms with Crippen molar-refractivity contribution in [2.75, 3.05) is 11.9 Å². The van der Waals surface area contributed by atoms with E-state index < -0.39 is 11.5 Å². The van der Waals surface area contributed by atoms with Crippen LogP contribution in [0.3, 0.4) is 0 Å². The number of hydrogen-bond acceptors (Lipinski definition) is 4. The second kappa shape index (κ2) is 8.86. The van der Waals surface area contributed by atoms with E-state index in [9.17, 15) is 9.59 Å². The van der Waals surface area contributed by atoms with Crippen LogP contribution in [0.25, 0.3) is 0 Å². The molecule has 7 heteroatoms. The fraction of sp³-hybridized carbons (Fsp3) is 0.320. The standard InChI is InChI=1S/C25H28N4O3/c1-25(2,3)32-24(31)29-15-14-20-19(16-29)22(28-27-20)26-23(30)21(17-10-6-4-7-11-17)18-12-8-5-9-13-18/h4-13,21H,14-16H2,1-3H3,(H2,26,27,28,30). The highest BCUT2D eigenvalue weighted by Gasteiger charge is 2.30. The van der Waals surface area contributed by atoms with Crippen LogP contribution in [0.2, 0.25) is 0 Å². The van der Waals surface area contributed by atoms with E-state index in [1.54, 1.807) is 4.90 Å². The average molecular weight is 433 g/mol. The van der Waals surface area contributed by atoms with Gasteiger partial charge in [0, 0.05) is 24.2 Å². The molecule has 1 aromatic heterocycles. The second-order valence-corrected chi connectivity index (χ2v) is 8.92. The highest BCUT2D eigenvalue weighted by atomic mass is 16.6. The zero-order valence-corrected chi connectivity index (χ0v) is 18.6. The van der Waals surface area contributed by atoms with Crippen molar-refractivity contribution in [2.45, 2.75) is 45.3 Å². The van der Waals surface area contributed by atoms with Crippen LogP contribution < -0.4 is 5.32 Å². The summed E-state index contributed by atoms with van der Waals surface area (Å²) in [7, 11) is 0. The van der Waals surface area contributed by atoms with Crippen LogP contribution in [0.4, 0.5) is 10.6 Å². The summed E-state index contributed by atoms with van der Waals surface area (Å²) in [5.41, 5.74) is 2.97. The summed E-state index contributed by atoms with van der Waals surface area (Å²) in [6, 6.07) is 19.3. The number of aromatic nitrogens is 2. The molecule has 0 radical (unpaired) electrons. The number of aromatic amines is 1. The van der Waals surface area contributed by atoms with Gasteiger partial charge in [0.05, 0.1) is 12.5 Å². The van der Waals surface area contributed by atoms with E-state index >= 15 is 0 Å². The third-order valence-electron chi connectivity index (χ3n) is 5.35. The topological polar surface area (TPSA) is 87.3 Å². The second-order valence-electron chi connectivity index (χ2n) is 8.92. The van der Waals surface area contributed by atoms with E-state index in [4.69, 9.17) is 4.74 Å². The Labute approximate surface area is 187 Å². The summed E-state index contributed by atoms with van der Waals surface area (Å²) in [5.74, 6) is -0.198. The molecule has 3 aromatic rings. The number of anilines is 1. The normalized spacial score (nSPS) is 13.6. The first kappa shape index (κ1) is 21.6. The Balaban J connectivity index is 1.56. The molecule has 0 bridgehead atoms. The number of amides is 2. The summed E-state index contributed by atoms with van der Waals surface area (Å²) in [4.78, 5) is 27.6. The SMILES string of the molecule is CC(C)(C)OC(=O)N1CCc2[nH]nc(NC(=O)C(c3ccccc3)c3ccccc3)c2C1. The third-order valence-corrected chi connectivity index (χ3v) is 5.35. The van der Waals surface area contributed by atoms with Crippen molar-refractivity contribution in [1.82, 2.24) is 15.1 Å². The smallest absolute Gasteiger partial charge is 0.410 e. The molecule has 2 N–H and O–H groups in total. The monoisotopic (exact) mass is 432 g/mol. The molecule has 0 saturated carbocycles. The first-order valence-corrected chi connectivity index (χ1v) is 10.8. The molecule has 7 nitrogen and oxygen atoms in total. The van der Waals surface area contributed by atoms with Gasteiger partial charge in [0.15, 0.2) is 5.82 Å². The van der Waals surface area contributed by atoms with Crippen molar-refractivity contribution in [1.29, 1.82) is 0 Å². The number of rotatable bonds is 4. The maximum absolute atomic E-state index is 13.4. The molecular weight excluding hydrogens is 404 g/mol. The number of nitrogens with one attached hydrogen (secondary N) is 2. The van der Waals surface area contributed by atoms with E-state index in [1.165, 1.54) is 0 Å². The number of hydrogen-bond donors (Lipinski definition) is 2. The van der Waals surface area contributed by atoms with Crippen LogP contribution in [0.15, 0.2) is 60.7 Å². The van der Waals surface area contributed by atoms with Gasteiger partial charge in [-0.05, 0) is 31.9 Å². The highest BCUT2D eigenvalue weighted by Crippen LogP contribution is 2.29. The summed E-state index contributed by atoms with van der Waals surface area (Å²) < 4.78 is 5.51. The molecule has 0 unspecified atom stereocenters. The van der Waals surface area contributed by atoms with Crippen molar-refractivity contribution in [3.8, 4) is 0 Å². The molecule has 0 atom stereocenters. The van der Waals surface area contributed by atoms with Crippen LogP contribution in [-0.4, -0.2) is 39.2 Å². The number of nitrogens with zero attached hydrogens (tertiary/aromatic N) is 2. The number of H-pyrrole nitrogens is 1. The third kappa shape index (κ3) is 4.82. The van der Waals surface area contributed by atoms with E-state index in [1.807, 2.05) is 81.4 Å². The molecule has 1 aliphatic rings. The lowest BCUT2D eigenvalue weighted by atomic mass is 9.90. The Bertz CT molecular complexity index is 1050. The fourth-order valence-corrected chi connectivity index (χ4v) is 3.86. The van der Waals surface area contributed by atoms with Gasteiger partial charge in [-0.3, -0.25) is 9.89 Å². The Morgan fingerprint density at radius 1 is 1.03 bits per heavy atom. The maximum atomic E-state index is 13.4. The minimum absolute atomic E-state index is 0.175. The fourth-order valence-electron chi connectivity index (χ4n) is 3.86. The minimum atomic E-state index is -0.566. The van der Waals surface area contributed by atoms with Crippen LogP contribution in [-0.2, 0) is 22.5 Å². The van der Waals surface area contributed by atoms with E-state index in [0.717, 1.165) is 22.4 Å². The molecule has 2 amide bonds.